The van der Waals surface area contributed by atoms with E-state index in [1.165, 1.54) is 0 Å². The van der Waals surface area contributed by atoms with Gasteiger partial charge in [0.15, 0.2) is 6.10 Å². The van der Waals surface area contributed by atoms with Gasteiger partial charge >= 0.3 is 0 Å². The van der Waals surface area contributed by atoms with Gasteiger partial charge in [0, 0.05) is 17.1 Å². The summed E-state index contributed by atoms with van der Waals surface area (Å²) < 4.78 is 11.0. The molecule has 0 aliphatic rings. The molecular formula is C18H20ClNO3. The Morgan fingerprint density at radius 3 is 2.52 bits per heavy atom. The van der Waals surface area contributed by atoms with E-state index in [-0.39, 0.29) is 5.91 Å². The Hall–Kier alpha value is -2.20. The van der Waals surface area contributed by atoms with Crippen LogP contribution < -0.4 is 14.8 Å². The molecule has 0 radical (unpaired) electrons. The normalized spacial score (nSPS) is 11.6. The third-order valence-corrected chi connectivity index (χ3v) is 3.65. The molecule has 2 rings (SSSR count). The first-order chi connectivity index (χ1) is 11.1. The number of carbonyl (C=O) groups is 1. The highest BCUT2D eigenvalue weighted by Gasteiger charge is 2.18. The standard InChI is InChI=1S/C18H20ClNO3/c1-3-16(23-15-10-8-14(19)9-11-15)18(21)20-12-13-6-4-5-7-17(13)22-2/h4-11,16H,3,12H2,1-2H3,(H,20,21). The molecule has 4 nitrogen and oxygen atoms in total. The van der Waals surface area contributed by atoms with E-state index in [1.54, 1.807) is 31.4 Å². The van der Waals surface area contributed by atoms with Crippen LogP contribution in [0.15, 0.2) is 48.5 Å². The maximum absolute atomic E-state index is 12.3. The van der Waals surface area contributed by atoms with E-state index in [9.17, 15) is 4.79 Å². The first kappa shape index (κ1) is 17.2. The lowest BCUT2D eigenvalue weighted by Crippen LogP contribution is -2.37. The van der Waals surface area contributed by atoms with Crippen molar-refractivity contribution in [3.63, 3.8) is 0 Å². The first-order valence-electron chi connectivity index (χ1n) is 7.46. The van der Waals surface area contributed by atoms with E-state index in [0.717, 1.165) is 11.3 Å². The predicted octanol–water partition coefficient (Wildman–Crippen LogP) is 3.82. The molecule has 5 heteroatoms. The molecule has 122 valence electrons. The zero-order chi connectivity index (χ0) is 16.7. The van der Waals surface area contributed by atoms with Gasteiger partial charge in [0.25, 0.3) is 5.91 Å². The number of rotatable bonds is 7. The van der Waals surface area contributed by atoms with E-state index in [1.807, 2.05) is 31.2 Å². The lowest BCUT2D eigenvalue weighted by atomic mass is 10.2. The van der Waals surface area contributed by atoms with Gasteiger partial charge < -0.3 is 14.8 Å². The lowest BCUT2D eigenvalue weighted by molar-refractivity contribution is -0.128. The number of carbonyl (C=O) groups excluding carboxylic acids is 1. The van der Waals surface area contributed by atoms with Crippen LogP contribution in [0.3, 0.4) is 0 Å². The molecule has 0 aromatic heterocycles. The van der Waals surface area contributed by atoms with Gasteiger partial charge in [0.2, 0.25) is 0 Å². The Morgan fingerprint density at radius 2 is 1.87 bits per heavy atom. The molecule has 0 spiro atoms. The van der Waals surface area contributed by atoms with Gasteiger partial charge in [-0.3, -0.25) is 4.79 Å². The number of hydrogen-bond donors (Lipinski definition) is 1. The van der Waals surface area contributed by atoms with E-state index < -0.39 is 6.10 Å². The van der Waals surface area contributed by atoms with E-state index in [0.29, 0.717) is 23.7 Å². The number of amides is 1. The van der Waals surface area contributed by atoms with Crippen molar-refractivity contribution < 1.29 is 14.3 Å². The predicted molar refractivity (Wildman–Crippen MR) is 91.0 cm³/mol. The minimum absolute atomic E-state index is 0.159. The smallest absolute Gasteiger partial charge is 0.261 e. The summed E-state index contributed by atoms with van der Waals surface area (Å²) in [4.78, 5) is 12.3. The van der Waals surface area contributed by atoms with Gasteiger partial charge in [-0.15, -0.1) is 0 Å². The highest BCUT2D eigenvalue weighted by atomic mass is 35.5. The molecule has 2 aromatic rings. The maximum atomic E-state index is 12.3. The average molecular weight is 334 g/mol. The quantitative estimate of drug-likeness (QED) is 0.837. The molecule has 0 aliphatic carbocycles. The summed E-state index contributed by atoms with van der Waals surface area (Å²) in [6.45, 7) is 2.30. The summed E-state index contributed by atoms with van der Waals surface area (Å²) in [6, 6.07) is 14.5. The second kappa shape index (κ2) is 8.44. The second-order valence-electron chi connectivity index (χ2n) is 5.00. The summed E-state index contributed by atoms with van der Waals surface area (Å²) in [5.41, 5.74) is 0.921. The SMILES string of the molecule is CCC(Oc1ccc(Cl)cc1)C(=O)NCc1ccccc1OC. The first-order valence-corrected chi connectivity index (χ1v) is 7.83. The summed E-state index contributed by atoms with van der Waals surface area (Å²) >= 11 is 5.84. The Kier molecular flexibility index (Phi) is 6.29. The van der Waals surface area contributed by atoms with Crippen molar-refractivity contribution in [2.75, 3.05) is 7.11 Å². The molecule has 1 unspecified atom stereocenters. The fraction of sp³-hybridized carbons (Fsp3) is 0.278. The summed E-state index contributed by atoms with van der Waals surface area (Å²) in [5, 5.41) is 3.52. The van der Waals surface area contributed by atoms with Gasteiger partial charge in [0.05, 0.1) is 7.11 Å². The largest absolute Gasteiger partial charge is 0.496 e. The Labute approximate surface area is 141 Å². The summed E-state index contributed by atoms with van der Waals surface area (Å²) in [6.07, 6.45) is 0.0197. The van der Waals surface area contributed by atoms with Crippen molar-refractivity contribution in [3.05, 3.63) is 59.1 Å². The zero-order valence-corrected chi connectivity index (χ0v) is 14.0. The number of benzene rings is 2. The van der Waals surface area contributed by atoms with E-state index in [4.69, 9.17) is 21.1 Å². The van der Waals surface area contributed by atoms with Crippen LogP contribution in [0, 0.1) is 0 Å². The second-order valence-corrected chi connectivity index (χ2v) is 5.43. The van der Waals surface area contributed by atoms with Crippen LogP contribution in [0.1, 0.15) is 18.9 Å². The number of methoxy groups -OCH3 is 1. The molecule has 1 N–H and O–H groups in total. The molecular weight excluding hydrogens is 314 g/mol. The molecule has 0 fully saturated rings. The van der Waals surface area contributed by atoms with Gasteiger partial charge in [-0.1, -0.05) is 36.7 Å². The lowest BCUT2D eigenvalue weighted by Gasteiger charge is -2.18. The molecule has 0 saturated carbocycles. The fourth-order valence-electron chi connectivity index (χ4n) is 2.14. The van der Waals surface area contributed by atoms with Crippen molar-refractivity contribution in [2.45, 2.75) is 26.0 Å². The average Bonchev–Trinajstić information content (AvgIpc) is 2.59. The summed E-state index contributed by atoms with van der Waals surface area (Å²) in [7, 11) is 1.61. The van der Waals surface area contributed by atoms with E-state index >= 15 is 0 Å². The van der Waals surface area contributed by atoms with Crippen molar-refractivity contribution >= 4 is 17.5 Å². The van der Waals surface area contributed by atoms with Crippen LogP contribution in [0.25, 0.3) is 0 Å². The molecule has 2 aromatic carbocycles. The highest BCUT2D eigenvalue weighted by molar-refractivity contribution is 6.30. The van der Waals surface area contributed by atoms with Crippen LogP contribution in [-0.4, -0.2) is 19.1 Å². The highest BCUT2D eigenvalue weighted by Crippen LogP contribution is 2.19. The molecule has 0 bridgehead atoms. The maximum Gasteiger partial charge on any atom is 0.261 e. The van der Waals surface area contributed by atoms with Gasteiger partial charge in [0.1, 0.15) is 11.5 Å². The van der Waals surface area contributed by atoms with Crippen LogP contribution in [-0.2, 0) is 11.3 Å². The van der Waals surface area contributed by atoms with E-state index in [2.05, 4.69) is 5.32 Å². The van der Waals surface area contributed by atoms with Crippen molar-refractivity contribution in [1.29, 1.82) is 0 Å². The molecule has 0 aliphatic heterocycles. The molecule has 1 amide bonds. The van der Waals surface area contributed by atoms with Crippen LogP contribution in [0.5, 0.6) is 11.5 Å². The monoisotopic (exact) mass is 333 g/mol. The molecule has 23 heavy (non-hydrogen) atoms. The third kappa shape index (κ3) is 4.89. The Morgan fingerprint density at radius 1 is 1.17 bits per heavy atom. The molecule has 0 saturated heterocycles. The number of nitrogens with one attached hydrogen (secondary N) is 1. The number of halogens is 1. The van der Waals surface area contributed by atoms with Crippen LogP contribution in [0.4, 0.5) is 0 Å². The number of hydrogen-bond acceptors (Lipinski definition) is 3. The Balaban J connectivity index is 1.96. The van der Waals surface area contributed by atoms with Gasteiger partial charge in [-0.25, -0.2) is 0 Å². The number of para-hydroxylation sites is 1. The van der Waals surface area contributed by atoms with Crippen molar-refractivity contribution in [2.24, 2.45) is 0 Å². The molecule has 1 atom stereocenters. The Bertz CT molecular complexity index is 643. The van der Waals surface area contributed by atoms with Crippen LogP contribution in [0.2, 0.25) is 5.02 Å². The minimum atomic E-state index is -0.550. The summed E-state index contributed by atoms with van der Waals surface area (Å²) in [5.74, 6) is 1.21. The number of ether oxygens (including phenoxy) is 2. The van der Waals surface area contributed by atoms with Crippen LogP contribution >= 0.6 is 11.6 Å². The minimum Gasteiger partial charge on any atom is -0.496 e. The van der Waals surface area contributed by atoms with Crippen molar-refractivity contribution in [3.8, 4) is 11.5 Å². The third-order valence-electron chi connectivity index (χ3n) is 3.40. The fourth-order valence-corrected chi connectivity index (χ4v) is 2.27. The molecule has 0 heterocycles. The van der Waals surface area contributed by atoms with Gasteiger partial charge in [-0.05, 0) is 36.8 Å². The van der Waals surface area contributed by atoms with Gasteiger partial charge in [-0.2, -0.15) is 0 Å². The topological polar surface area (TPSA) is 47.6 Å². The zero-order valence-electron chi connectivity index (χ0n) is 13.2. The van der Waals surface area contributed by atoms with Crippen molar-refractivity contribution in [1.82, 2.24) is 5.32 Å².